The Balaban J connectivity index is 2.33. The van der Waals surface area contributed by atoms with Crippen LogP contribution in [0.5, 0.6) is 5.75 Å². The molecule has 6 heteroatoms. The van der Waals surface area contributed by atoms with Crippen LogP contribution >= 0.6 is 0 Å². The number of nitro benzene ring substituents is 1. The van der Waals surface area contributed by atoms with Crippen molar-refractivity contribution >= 4 is 11.4 Å². The molecule has 1 aromatic carbocycles. The average Bonchev–Trinajstić information content (AvgIpc) is 2.81. The molecule has 88 valence electrons. The predicted octanol–water partition coefficient (Wildman–Crippen LogP) is 2.28. The molecule has 0 aliphatic heterocycles. The van der Waals surface area contributed by atoms with Gasteiger partial charge in [0.05, 0.1) is 23.8 Å². The van der Waals surface area contributed by atoms with Crippen LogP contribution in [0.1, 0.15) is 0 Å². The Hall–Kier alpha value is -2.50. The molecule has 1 heterocycles. The van der Waals surface area contributed by atoms with E-state index in [1.165, 1.54) is 19.2 Å². The molecule has 0 radical (unpaired) electrons. The normalized spacial score (nSPS) is 9.94. The number of hydrogen-bond donors (Lipinski definition) is 1. The first-order valence-electron chi connectivity index (χ1n) is 4.92. The molecule has 0 fully saturated rings. The molecule has 0 atom stereocenters. The highest BCUT2D eigenvalue weighted by Gasteiger charge is 2.10. The number of nitrogens with zero attached hydrogens (tertiary/aromatic N) is 2. The molecule has 0 unspecified atom stereocenters. The second kappa shape index (κ2) is 4.56. The van der Waals surface area contributed by atoms with Crippen molar-refractivity contribution < 1.29 is 9.66 Å². The summed E-state index contributed by atoms with van der Waals surface area (Å²) in [5.74, 6) is 0.439. The van der Waals surface area contributed by atoms with Crippen LogP contribution < -0.4 is 10.2 Å². The topological polar surface area (TPSA) is 69.3 Å². The fourth-order valence-electron chi connectivity index (χ4n) is 1.43. The number of nitrogens with one attached hydrogen (secondary N) is 1. The number of hydrogen-bond acceptors (Lipinski definition) is 4. The van der Waals surface area contributed by atoms with Crippen molar-refractivity contribution in [3.05, 3.63) is 52.8 Å². The van der Waals surface area contributed by atoms with E-state index >= 15 is 0 Å². The van der Waals surface area contributed by atoms with E-state index in [0.717, 1.165) is 0 Å². The summed E-state index contributed by atoms with van der Waals surface area (Å²) in [6.45, 7) is 0. The highest BCUT2D eigenvalue weighted by molar-refractivity contribution is 5.56. The fraction of sp³-hybridized carbons (Fsp3) is 0.0909. The molecule has 0 spiro atoms. The van der Waals surface area contributed by atoms with Gasteiger partial charge >= 0.3 is 0 Å². The summed E-state index contributed by atoms with van der Waals surface area (Å²) < 4.78 is 6.70. The van der Waals surface area contributed by atoms with Gasteiger partial charge in [-0.2, -0.15) is 0 Å². The third kappa shape index (κ3) is 2.54. The molecular formula is C11H11N3O3. The standard InChI is InChI=1S/C11H11N3O3/c1-17-11-7-9(6-10(8-11)14(15)16)12-13-4-2-3-5-13/h2-8,12H,1H3. The maximum Gasteiger partial charge on any atom is 0.275 e. The lowest BCUT2D eigenvalue weighted by molar-refractivity contribution is -0.384. The molecule has 17 heavy (non-hydrogen) atoms. The van der Waals surface area contributed by atoms with Crippen molar-refractivity contribution in [2.75, 3.05) is 12.5 Å². The van der Waals surface area contributed by atoms with Gasteiger partial charge in [0.2, 0.25) is 0 Å². The van der Waals surface area contributed by atoms with Crippen molar-refractivity contribution in [2.45, 2.75) is 0 Å². The van der Waals surface area contributed by atoms with Crippen LogP contribution in [0.15, 0.2) is 42.7 Å². The van der Waals surface area contributed by atoms with Crippen molar-refractivity contribution in [3.63, 3.8) is 0 Å². The van der Waals surface area contributed by atoms with Crippen molar-refractivity contribution in [2.24, 2.45) is 0 Å². The first kappa shape index (κ1) is 11.0. The minimum atomic E-state index is -0.455. The lowest BCUT2D eigenvalue weighted by atomic mass is 10.2. The quantitative estimate of drug-likeness (QED) is 0.649. The van der Waals surface area contributed by atoms with Gasteiger partial charge < -0.3 is 4.74 Å². The minimum Gasteiger partial charge on any atom is -0.496 e. The lowest BCUT2D eigenvalue weighted by Gasteiger charge is -2.08. The molecule has 0 aliphatic rings. The average molecular weight is 233 g/mol. The van der Waals surface area contributed by atoms with E-state index in [1.807, 2.05) is 12.1 Å². The van der Waals surface area contributed by atoms with Crippen LogP contribution in [-0.2, 0) is 0 Å². The Bertz CT molecular complexity index is 523. The summed E-state index contributed by atoms with van der Waals surface area (Å²) in [5.41, 5.74) is 3.56. The van der Waals surface area contributed by atoms with Crippen LogP contribution in [0, 0.1) is 10.1 Å². The van der Waals surface area contributed by atoms with Gasteiger partial charge in [-0.05, 0) is 12.1 Å². The maximum atomic E-state index is 10.7. The number of aromatic nitrogens is 1. The first-order chi connectivity index (χ1) is 8.19. The van der Waals surface area contributed by atoms with Gasteiger partial charge in [-0.3, -0.25) is 20.2 Å². The van der Waals surface area contributed by atoms with E-state index in [2.05, 4.69) is 5.43 Å². The van der Waals surface area contributed by atoms with Gasteiger partial charge in [0, 0.05) is 24.5 Å². The van der Waals surface area contributed by atoms with Gasteiger partial charge in [0.15, 0.2) is 0 Å². The van der Waals surface area contributed by atoms with Crippen molar-refractivity contribution in [1.82, 2.24) is 4.68 Å². The van der Waals surface area contributed by atoms with E-state index in [4.69, 9.17) is 4.74 Å². The summed E-state index contributed by atoms with van der Waals surface area (Å²) in [4.78, 5) is 10.3. The van der Waals surface area contributed by atoms with E-state index in [-0.39, 0.29) is 5.69 Å². The Labute approximate surface area is 97.6 Å². The highest BCUT2D eigenvalue weighted by Crippen LogP contribution is 2.25. The minimum absolute atomic E-state index is 0.0148. The van der Waals surface area contributed by atoms with Crippen LogP contribution in [0.3, 0.4) is 0 Å². The van der Waals surface area contributed by atoms with Crippen molar-refractivity contribution in [3.8, 4) is 5.75 Å². The van der Waals surface area contributed by atoms with E-state index in [1.54, 1.807) is 23.1 Å². The van der Waals surface area contributed by atoms with Crippen LogP contribution in [0.25, 0.3) is 0 Å². The molecule has 0 aliphatic carbocycles. The first-order valence-corrected chi connectivity index (χ1v) is 4.92. The number of rotatable bonds is 4. The zero-order chi connectivity index (χ0) is 12.3. The molecule has 0 saturated heterocycles. The van der Waals surface area contributed by atoms with E-state index in [0.29, 0.717) is 11.4 Å². The summed E-state index contributed by atoms with van der Waals surface area (Å²) >= 11 is 0. The largest absolute Gasteiger partial charge is 0.496 e. The van der Waals surface area contributed by atoms with Gasteiger partial charge in [0.25, 0.3) is 5.69 Å². The molecule has 0 saturated carbocycles. The molecule has 2 aromatic rings. The summed E-state index contributed by atoms with van der Waals surface area (Å²) in [6, 6.07) is 8.21. The number of anilines is 1. The SMILES string of the molecule is COc1cc(Nn2cccc2)cc([N+](=O)[O-])c1. The fourth-order valence-corrected chi connectivity index (χ4v) is 1.43. The third-order valence-electron chi connectivity index (χ3n) is 2.20. The number of nitro groups is 1. The van der Waals surface area contributed by atoms with Gasteiger partial charge in [-0.25, -0.2) is 0 Å². The Morgan fingerprint density at radius 3 is 2.59 bits per heavy atom. The van der Waals surface area contributed by atoms with Crippen LogP contribution in [0.4, 0.5) is 11.4 Å². The summed E-state index contributed by atoms with van der Waals surface area (Å²) in [6.07, 6.45) is 3.59. The van der Waals surface area contributed by atoms with Crippen LogP contribution in [0.2, 0.25) is 0 Å². The third-order valence-corrected chi connectivity index (χ3v) is 2.20. The molecule has 6 nitrogen and oxygen atoms in total. The maximum absolute atomic E-state index is 10.7. The summed E-state index contributed by atoms with van der Waals surface area (Å²) in [7, 11) is 1.47. The number of benzene rings is 1. The molecule has 1 aromatic heterocycles. The number of ether oxygens (including phenoxy) is 1. The van der Waals surface area contributed by atoms with Crippen molar-refractivity contribution in [1.29, 1.82) is 0 Å². The molecule has 0 bridgehead atoms. The van der Waals surface area contributed by atoms with Crippen LogP contribution in [-0.4, -0.2) is 16.7 Å². The Kier molecular flexibility index (Phi) is 2.95. The second-order valence-electron chi connectivity index (χ2n) is 3.38. The smallest absolute Gasteiger partial charge is 0.275 e. The molecule has 0 amide bonds. The molecule has 1 N–H and O–H groups in total. The van der Waals surface area contributed by atoms with Gasteiger partial charge in [0.1, 0.15) is 5.75 Å². The predicted molar refractivity (Wildman–Crippen MR) is 63.1 cm³/mol. The zero-order valence-electron chi connectivity index (χ0n) is 9.16. The van der Waals surface area contributed by atoms with E-state index < -0.39 is 4.92 Å². The molecule has 2 rings (SSSR count). The number of methoxy groups -OCH3 is 1. The van der Waals surface area contributed by atoms with Gasteiger partial charge in [-0.1, -0.05) is 0 Å². The zero-order valence-corrected chi connectivity index (χ0v) is 9.16. The summed E-state index contributed by atoms with van der Waals surface area (Å²) in [5, 5.41) is 10.7. The molecular weight excluding hydrogens is 222 g/mol. The lowest BCUT2D eigenvalue weighted by Crippen LogP contribution is -2.06. The Morgan fingerprint density at radius 1 is 1.29 bits per heavy atom. The number of non-ortho nitro benzene ring substituents is 1. The second-order valence-corrected chi connectivity index (χ2v) is 3.38. The monoisotopic (exact) mass is 233 g/mol. The highest BCUT2D eigenvalue weighted by atomic mass is 16.6. The van der Waals surface area contributed by atoms with Gasteiger partial charge in [-0.15, -0.1) is 0 Å². The Morgan fingerprint density at radius 2 is 2.00 bits per heavy atom. The van der Waals surface area contributed by atoms with E-state index in [9.17, 15) is 10.1 Å².